The normalized spacial score (nSPS) is 9.55. The molecule has 56 valence electrons. The maximum Gasteiger partial charge on any atom is 0.291 e. The van der Waals surface area contributed by atoms with Crippen molar-refractivity contribution >= 4 is 19.1 Å². The van der Waals surface area contributed by atoms with Gasteiger partial charge >= 0.3 is 0 Å². The molecule has 1 aromatic heterocycles. The van der Waals surface area contributed by atoms with E-state index in [0.29, 0.717) is 0 Å². The van der Waals surface area contributed by atoms with Crippen molar-refractivity contribution in [3.63, 3.8) is 0 Å². The van der Waals surface area contributed by atoms with E-state index in [1.54, 1.807) is 0 Å². The highest BCUT2D eigenvalue weighted by Gasteiger charge is 2.06. The summed E-state index contributed by atoms with van der Waals surface area (Å²) in [6.45, 7) is 0. The maximum atomic E-state index is 10.8. The Hall–Kier alpha value is -1.46. The Morgan fingerprint density at radius 1 is 1.73 bits per heavy atom. The van der Waals surface area contributed by atoms with Crippen LogP contribution in [0.15, 0.2) is 4.79 Å². The molecule has 0 amide bonds. The summed E-state index contributed by atoms with van der Waals surface area (Å²) in [7, 11) is 6.68. The number of aromatic amines is 1. The molecule has 0 saturated heterocycles. The lowest BCUT2D eigenvalue weighted by molar-refractivity contribution is 0.417. The van der Waals surface area contributed by atoms with Crippen molar-refractivity contribution in [2.45, 2.75) is 0 Å². The zero-order chi connectivity index (χ0) is 8.43. The van der Waals surface area contributed by atoms with E-state index in [-0.39, 0.29) is 17.0 Å². The van der Waals surface area contributed by atoms with Gasteiger partial charge < -0.3 is 10.5 Å². The van der Waals surface area contributed by atoms with Crippen LogP contribution in [0.2, 0.25) is 0 Å². The Morgan fingerprint density at radius 2 is 2.36 bits per heavy atom. The lowest BCUT2D eigenvalue weighted by Crippen LogP contribution is -2.24. The molecule has 0 unspecified atom stereocenters. The quantitative estimate of drug-likeness (QED) is 0.462. The summed E-state index contributed by atoms with van der Waals surface area (Å²) in [6, 6.07) is 0. The van der Waals surface area contributed by atoms with Crippen LogP contribution < -0.4 is 21.6 Å². The van der Waals surface area contributed by atoms with Gasteiger partial charge in [-0.15, -0.1) is 0 Å². The summed E-state index contributed by atoms with van der Waals surface area (Å²) >= 11 is 0. The number of nitrogens with two attached hydrogens (primary N) is 1. The van der Waals surface area contributed by atoms with Gasteiger partial charge in [-0.3, -0.25) is 4.79 Å². The monoisotopic (exact) mass is 151 g/mol. The molecule has 0 aromatic carbocycles. The van der Waals surface area contributed by atoms with E-state index in [0.717, 1.165) is 0 Å². The lowest BCUT2D eigenvalue weighted by Gasteiger charge is -2.04. The Kier molecular flexibility index (Phi) is 1.84. The van der Waals surface area contributed by atoms with E-state index in [1.165, 1.54) is 7.11 Å². The second kappa shape index (κ2) is 2.65. The van der Waals surface area contributed by atoms with Crippen LogP contribution in [0.3, 0.4) is 0 Å². The van der Waals surface area contributed by atoms with Gasteiger partial charge in [-0.2, -0.15) is 5.10 Å². The molecular weight excluding hydrogens is 145 g/mol. The molecule has 0 fully saturated rings. The summed E-state index contributed by atoms with van der Waals surface area (Å²) < 4.78 is 4.72. The molecule has 0 aliphatic rings. The largest absolute Gasteiger partial charge is 0.493 e. The molecule has 3 N–H and O–H groups in total. The van der Waals surface area contributed by atoms with Gasteiger partial charge in [0.15, 0.2) is 5.75 Å². The number of hydrogen-bond donors (Lipinski definition) is 2. The highest BCUT2D eigenvalue weighted by atomic mass is 16.5. The van der Waals surface area contributed by atoms with Crippen molar-refractivity contribution in [1.29, 1.82) is 0 Å². The third-order valence-electron chi connectivity index (χ3n) is 1.20. The standard InChI is InChI=1S/C5H6BN3O2/c1-11-3-2(7)5(10)9-8-4(3)6/h1H3,(H2,7,8)(H,9,10). The Labute approximate surface area is 64.0 Å². The molecule has 5 nitrogen and oxygen atoms in total. The first kappa shape index (κ1) is 7.65. The van der Waals surface area contributed by atoms with Gasteiger partial charge in [0.2, 0.25) is 0 Å². The smallest absolute Gasteiger partial charge is 0.291 e. The van der Waals surface area contributed by atoms with Crippen LogP contribution in [0.1, 0.15) is 0 Å². The second-order valence-electron chi connectivity index (χ2n) is 1.88. The predicted molar refractivity (Wildman–Crippen MR) is 41.2 cm³/mol. The fourth-order valence-electron chi connectivity index (χ4n) is 0.678. The molecule has 6 heteroatoms. The van der Waals surface area contributed by atoms with Crippen LogP contribution in [0.5, 0.6) is 5.75 Å². The van der Waals surface area contributed by atoms with Gasteiger partial charge in [0.25, 0.3) is 5.56 Å². The van der Waals surface area contributed by atoms with E-state index in [4.69, 9.17) is 18.3 Å². The molecule has 0 bridgehead atoms. The highest BCUT2D eigenvalue weighted by molar-refractivity contribution is 6.32. The number of rotatable bonds is 1. The van der Waals surface area contributed by atoms with E-state index in [9.17, 15) is 4.79 Å². The second-order valence-corrected chi connectivity index (χ2v) is 1.88. The molecule has 11 heavy (non-hydrogen) atoms. The van der Waals surface area contributed by atoms with Crippen molar-refractivity contribution in [2.24, 2.45) is 0 Å². The minimum absolute atomic E-state index is 0.0556. The van der Waals surface area contributed by atoms with E-state index in [1.807, 2.05) is 0 Å². The molecule has 1 aromatic rings. The first-order chi connectivity index (χ1) is 5.16. The van der Waals surface area contributed by atoms with Crippen molar-refractivity contribution in [2.75, 3.05) is 12.8 Å². The summed E-state index contributed by atoms with van der Waals surface area (Å²) in [5, 5.41) is 5.55. The third kappa shape index (κ3) is 1.19. The number of aromatic nitrogens is 2. The average molecular weight is 151 g/mol. The van der Waals surface area contributed by atoms with Crippen molar-refractivity contribution < 1.29 is 4.74 Å². The number of H-pyrrole nitrogens is 1. The van der Waals surface area contributed by atoms with Crippen LogP contribution in [0, 0.1) is 0 Å². The first-order valence-electron chi connectivity index (χ1n) is 2.84. The number of ether oxygens (including phenoxy) is 1. The molecule has 0 atom stereocenters. The fraction of sp³-hybridized carbons (Fsp3) is 0.200. The van der Waals surface area contributed by atoms with E-state index >= 15 is 0 Å². The number of hydrogen-bond acceptors (Lipinski definition) is 4. The summed E-state index contributed by atoms with van der Waals surface area (Å²) in [5.41, 5.74) is 4.82. The van der Waals surface area contributed by atoms with Crippen LogP contribution >= 0.6 is 0 Å². The van der Waals surface area contributed by atoms with Crippen molar-refractivity contribution in [3.8, 4) is 5.75 Å². The van der Waals surface area contributed by atoms with E-state index in [2.05, 4.69) is 10.2 Å². The van der Waals surface area contributed by atoms with Gasteiger partial charge in [0.05, 0.1) is 12.7 Å². The number of nitrogen functional groups attached to an aromatic ring is 1. The third-order valence-corrected chi connectivity index (χ3v) is 1.20. The molecule has 1 heterocycles. The van der Waals surface area contributed by atoms with Crippen LogP contribution in [-0.4, -0.2) is 25.2 Å². The number of nitrogens with zero attached hydrogens (tertiary/aromatic N) is 1. The van der Waals surface area contributed by atoms with Gasteiger partial charge in [0.1, 0.15) is 13.5 Å². The molecule has 0 aliphatic carbocycles. The number of anilines is 1. The summed E-state index contributed by atoms with van der Waals surface area (Å²) in [4.78, 5) is 10.8. The molecule has 0 saturated carbocycles. The van der Waals surface area contributed by atoms with Gasteiger partial charge in [-0.1, -0.05) is 0 Å². The average Bonchev–Trinajstić information content (AvgIpc) is 1.99. The Balaban J connectivity index is 3.41. The molecular formula is C5H6BN3O2. The molecule has 1 rings (SSSR count). The van der Waals surface area contributed by atoms with Gasteiger partial charge in [0, 0.05) is 0 Å². The highest BCUT2D eigenvalue weighted by Crippen LogP contribution is 2.08. The lowest BCUT2D eigenvalue weighted by atomic mass is 10.0. The van der Waals surface area contributed by atoms with Gasteiger partial charge in [-0.05, 0) is 0 Å². The van der Waals surface area contributed by atoms with Crippen LogP contribution in [0.4, 0.5) is 5.69 Å². The van der Waals surface area contributed by atoms with Gasteiger partial charge in [-0.25, -0.2) is 5.10 Å². The Bertz CT molecular complexity index is 322. The number of nitrogens with one attached hydrogen (secondary N) is 1. The SMILES string of the molecule is [B]c1n[nH]c(=O)c(N)c1OC. The maximum absolute atomic E-state index is 10.8. The first-order valence-corrected chi connectivity index (χ1v) is 2.84. The minimum Gasteiger partial charge on any atom is -0.493 e. The Morgan fingerprint density at radius 3 is 2.82 bits per heavy atom. The van der Waals surface area contributed by atoms with Crippen molar-refractivity contribution in [1.82, 2.24) is 10.2 Å². The zero-order valence-electron chi connectivity index (χ0n) is 5.92. The van der Waals surface area contributed by atoms with Crippen LogP contribution in [0.25, 0.3) is 0 Å². The predicted octanol–water partition coefficient (Wildman–Crippen LogP) is -1.85. The van der Waals surface area contributed by atoms with Crippen molar-refractivity contribution in [3.05, 3.63) is 10.4 Å². The summed E-state index contributed by atoms with van der Waals surface area (Å²) in [6.07, 6.45) is 0. The molecule has 0 aliphatic heterocycles. The number of methoxy groups -OCH3 is 1. The zero-order valence-corrected chi connectivity index (χ0v) is 5.92. The topological polar surface area (TPSA) is 81.0 Å². The molecule has 0 spiro atoms. The summed E-state index contributed by atoms with van der Waals surface area (Å²) in [5.74, 6) is 0.119. The minimum atomic E-state index is -0.504. The van der Waals surface area contributed by atoms with Crippen LogP contribution in [-0.2, 0) is 0 Å². The fourth-order valence-corrected chi connectivity index (χ4v) is 0.678. The molecule has 2 radical (unpaired) electrons. The van der Waals surface area contributed by atoms with E-state index < -0.39 is 5.56 Å².